The van der Waals surface area contributed by atoms with Crippen molar-refractivity contribution in [3.8, 4) is 0 Å². The zero-order chi connectivity index (χ0) is 14.5. The van der Waals surface area contributed by atoms with Gasteiger partial charge in [-0.25, -0.2) is 0 Å². The van der Waals surface area contributed by atoms with Gasteiger partial charge in [-0.3, -0.25) is 0 Å². The summed E-state index contributed by atoms with van der Waals surface area (Å²) < 4.78 is 2.27. The van der Waals surface area contributed by atoms with Crippen molar-refractivity contribution in [2.24, 2.45) is 0 Å². The molecule has 0 saturated carbocycles. The molecule has 0 saturated heterocycles. The Morgan fingerprint density at radius 1 is 1.10 bits per heavy atom. The molecule has 0 bridgehead atoms. The third kappa shape index (κ3) is 4.35. The van der Waals surface area contributed by atoms with Gasteiger partial charge in [-0.15, -0.1) is 0 Å². The quantitative estimate of drug-likeness (QED) is 0.640. The average Bonchev–Trinajstić information content (AvgIpc) is 2.39. The first-order valence-electron chi connectivity index (χ1n) is 6.56. The highest BCUT2D eigenvalue weighted by Gasteiger charge is 2.09. The first kappa shape index (κ1) is 16.1. The van der Waals surface area contributed by atoms with E-state index in [2.05, 4.69) is 87.4 Å². The molecule has 0 aliphatic heterocycles. The second-order valence-electron chi connectivity index (χ2n) is 4.52. The molecule has 0 aliphatic carbocycles. The lowest BCUT2D eigenvalue weighted by atomic mass is 10.1. The van der Waals surface area contributed by atoms with Crippen molar-refractivity contribution in [1.29, 1.82) is 0 Å². The predicted molar refractivity (Wildman–Crippen MR) is 94.5 cm³/mol. The van der Waals surface area contributed by atoms with Crippen molar-refractivity contribution in [2.75, 3.05) is 6.54 Å². The van der Waals surface area contributed by atoms with Crippen LogP contribution >= 0.6 is 43.6 Å². The standard InChI is InChI=1S/C16H17Br2NS/c1-3-19-11(2)15-8-7-14(10-16(15)18)20-13-6-4-5-12(17)9-13/h4-11,19H,3H2,1-2H3. The van der Waals surface area contributed by atoms with Crippen LogP contribution in [-0.4, -0.2) is 6.54 Å². The summed E-state index contributed by atoms with van der Waals surface area (Å²) in [6.07, 6.45) is 0. The lowest BCUT2D eigenvalue weighted by molar-refractivity contribution is 0.595. The zero-order valence-corrected chi connectivity index (χ0v) is 15.5. The van der Waals surface area contributed by atoms with Crippen LogP contribution in [0.2, 0.25) is 0 Å². The summed E-state index contributed by atoms with van der Waals surface area (Å²) >= 11 is 8.96. The van der Waals surface area contributed by atoms with Crippen molar-refractivity contribution >= 4 is 43.6 Å². The Kier molecular flexibility index (Phi) is 6.15. The van der Waals surface area contributed by atoms with Gasteiger partial charge in [0.15, 0.2) is 0 Å². The van der Waals surface area contributed by atoms with E-state index in [0.29, 0.717) is 6.04 Å². The third-order valence-corrected chi connectivity index (χ3v) is 5.14. The second-order valence-corrected chi connectivity index (χ2v) is 7.44. The highest BCUT2D eigenvalue weighted by molar-refractivity contribution is 9.10. The molecule has 2 aromatic carbocycles. The summed E-state index contributed by atoms with van der Waals surface area (Å²) in [5, 5.41) is 3.44. The van der Waals surface area contributed by atoms with Gasteiger partial charge in [0, 0.05) is 24.8 Å². The number of hydrogen-bond donors (Lipinski definition) is 1. The molecule has 20 heavy (non-hydrogen) atoms. The molecule has 0 amide bonds. The maximum atomic E-state index is 3.68. The van der Waals surface area contributed by atoms with E-state index in [4.69, 9.17) is 0 Å². The fraction of sp³-hybridized carbons (Fsp3) is 0.250. The van der Waals surface area contributed by atoms with Gasteiger partial charge >= 0.3 is 0 Å². The van der Waals surface area contributed by atoms with Crippen molar-refractivity contribution in [1.82, 2.24) is 5.32 Å². The van der Waals surface area contributed by atoms with Gasteiger partial charge in [0.1, 0.15) is 0 Å². The van der Waals surface area contributed by atoms with Gasteiger partial charge in [-0.05, 0) is 49.4 Å². The number of benzene rings is 2. The van der Waals surface area contributed by atoms with Crippen molar-refractivity contribution in [3.63, 3.8) is 0 Å². The Balaban J connectivity index is 2.17. The summed E-state index contributed by atoms with van der Waals surface area (Å²) in [5.41, 5.74) is 1.30. The second kappa shape index (κ2) is 7.64. The van der Waals surface area contributed by atoms with Gasteiger partial charge in [0.05, 0.1) is 0 Å². The minimum atomic E-state index is 0.360. The molecule has 2 rings (SSSR count). The van der Waals surface area contributed by atoms with Crippen LogP contribution in [0.15, 0.2) is 61.2 Å². The van der Waals surface area contributed by atoms with Crippen LogP contribution < -0.4 is 5.32 Å². The van der Waals surface area contributed by atoms with E-state index in [1.54, 1.807) is 11.8 Å². The number of halogens is 2. The Morgan fingerprint density at radius 3 is 2.50 bits per heavy atom. The maximum absolute atomic E-state index is 3.68. The molecule has 0 radical (unpaired) electrons. The molecule has 1 atom stereocenters. The number of hydrogen-bond acceptors (Lipinski definition) is 2. The molecule has 1 nitrogen and oxygen atoms in total. The topological polar surface area (TPSA) is 12.0 Å². The SMILES string of the molecule is CCNC(C)c1ccc(Sc2cccc(Br)c2)cc1Br. The van der Waals surface area contributed by atoms with Crippen molar-refractivity contribution in [3.05, 3.63) is 57.0 Å². The molecule has 0 aliphatic rings. The maximum Gasteiger partial charge on any atom is 0.0302 e. The van der Waals surface area contributed by atoms with Crippen molar-refractivity contribution in [2.45, 2.75) is 29.7 Å². The molecule has 0 heterocycles. The van der Waals surface area contributed by atoms with Crippen molar-refractivity contribution < 1.29 is 0 Å². The lowest BCUT2D eigenvalue weighted by Crippen LogP contribution is -2.17. The van der Waals surface area contributed by atoms with Gasteiger partial charge in [0.2, 0.25) is 0 Å². The fourth-order valence-corrected chi connectivity index (χ4v) is 4.35. The minimum absolute atomic E-state index is 0.360. The van der Waals surface area contributed by atoms with E-state index in [1.165, 1.54) is 15.4 Å². The highest BCUT2D eigenvalue weighted by Crippen LogP contribution is 2.33. The highest BCUT2D eigenvalue weighted by atomic mass is 79.9. The van der Waals surface area contributed by atoms with E-state index in [-0.39, 0.29) is 0 Å². The molecule has 1 unspecified atom stereocenters. The van der Waals surface area contributed by atoms with Gasteiger partial charge < -0.3 is 5.32 Å². The summed E-state index contributed by atoms with van der Waals surface area (Å²) in [6.45, 7) is 5.29. The normalized spacial score (nSPS) is 12.4. The molecule has 2 aromatic rings. The van der Waals surface area contributed by atoms with Crippen LogP contribution in [0.1, 0.15) is 25.5 Å². The third-order valence-electron chi connectivity index (χ3n) is 2.98. The van der Waals surface area contributed by atoms with Crippen LogP contribution in [0.3, 0.4) is 0 Å². The number of nitrogens with one attached hydrogen (secondary N) is 1. The molecule has 106 valence electrons. The summed E-state index contributed by atoms with van der Waals surface area (Å²) in [6, 6.07) is 15.3. The molecule has 0 fully saturated rings. The van der Waals surface area contributed by atoms with Gasteiger partial charge in [0.25, 0.3) is 0 Å². The van der Waals surface area contributed by atoms with Crippen LogP contribution in [0, 0.1) is 0 Å². The average molecular weight is 415 g/mol. The molecule has 0 spiro atoms. The van der Waals surface area contributed by atoms with E-state index in [1.807, 2.05) is 6.07 Å². The van der Waals surface area contributed by atoms with Crippen LogP contribution in [0.25, 0.3) is 0 Å². The van der Waals surface area contributed by atoms with E-state index in [0.717, 1.165) is 15.5 Å². The molecular weight excluding hydrogens is 398 g/mol. The van der Waals surface area contributed by atoms with Crippen LogP contribution in [0.4, 0.5) is 0 Å². The monoisotopic (exact) mass is 413 g/mol. The lowest BCUT2D eigenvalue weighted by Gasteiger charge is -2.15. The van der Waals surface area contributed by atoms with E-state index in [9.17, 15) is 0 Å². The van der Waals surface area contributed by atoms with E-state index >= 15 is 0 Å². The Labute approximate surface area is 141 Å². The largest absolute Gasteiger partial charge is 0.310 e. The smallest absolute Gasteiger partial charge is 0.0302 e. The number of rotatable bonds is 5. The molecule has 4 heteroatoms. The Morgan fingerprint density at radius 2 is 1.85 bits per heavy atom. The Bertz CT molecular complexity index is 586. The summed E-state index contributed by atoms with van der Waals surface area (Å²) in [5.74, 6) is 0. The first-order chi connectivity index (χ1) is 9.60. The Hall–Kier alpha value is -0.290. The summed E-state index contributed by atoms with van der Waals surface area (Å²) in [7, 11) is 0. The predicted octanol–water partition coefficient (Wildman–Crippen LogP) is 6.03. The van der Waals surface area contributed by atoms with Gasteiger partial charge in [-0.2, -0.15) is 0 Å². The minimum Gasteiger partial charge on any atom is -0.310 e. The van der Waals surface area contributed by atoms with Gasteiger partial charge in [-0.1, -0.05) is 62.7 Å². The summed E-state index contributed by atoms with van der Waals surface area (Å²) in [4.78, 5) is 2.47. The van der Waals surface area contributed by atoms with E-state index < -0.39 is 0 Å². The van der Waals surface area contributed by atoms with Crippen LogP contribution in [-0.2, 0) is 0 Å². The molecular formula is C16H17Br2NS. The molecule has 1 N–H and O–H groups in total. The molecule has 0 aromatic heterocycles. The van der Waals surface area contributed by atoms with Crippen LogP contribution in [0.5, 0.6) is 0 Å². The zero-order valence-electron chi connectivity index (χ0n) is 11.5. The first-order valence-corrected chi connectivity index (χ1v) is 8.96. The fourth-order valence-electron chi connectivity index (χ4n) is 2.01.